The van der Waals surface area contributed by atoms with Crippen molar-refractivity contribution in [2.24, 2.45) is 23.3 Å². The zero-order valence-electron chi connectivity index (χ0n) is 23.3. The highest BCUT2D eigenvalue weighted by molar-refractivity contribution is 5.94. The van der Waals surface area contributed by atoms with Crippen LogP contribution in [0.5, 0.6) is 0 Å². The molecule has 1 aromatic carbocycles. The number of carbonyl (C=O) groups excluding carboxylic acids is 3. The highest BCUT2D eigenvalue weighted by atomic mass is 16.4. The fraction of sp³-hybridized carbons (Fsp3) is 0.571. The van der Waals surface area contributed by atoms with E-state index in [1.54, 1.807) is 20.8 Å². The smallest absolute Gasteiger partial charge is 0.326 e. The van der Waals surface area contributed by atoms with E-state index in [0.717, 1.165) is 16.5 Å². The number of carbonyl (C=O) groups is 4. The Morgan fingerprint density at radius 3 is 2.21 bits per heavy atom. The number of carboxylic acid groups (broad SMARTS) is 1. The number of aliphatic carboxylic acids is 1. The summed E-state index contributed by atoms with van der Waals surface area (Å²) in [5.74, 6) is -3.32. The van der Waals surface area contributed by atoms with Gasteiger partial charge in [-0.2, -0.15) is 0 Å². The van der Waals surface area contributed by atoms with E-state index in [4.69, 9.17) is 11.5 Å². The molecular weight excluding hydrogens is 500 g/mol. The van der Waals surface area contributed by atoms with Gasteiger partial charge >= 0.3 is 5.97 Å². The van der Waals surface area contributed by atoms with Crippen molar-refractivity contribution in [3.8, 4) is 0 Å². The topological polar surface area (TPSA) is 192 Å². The lowest BCUT2D eigenvalue weighted by atomic mass is 9.95. The fourth-order valence-corrected chi connectivity index (χ4v) is 4.38. The second-order valence-corrected chi connectivity index (χ2v) is 10.5. The average molecular weight is 545 g/mol. The molecule has 39 heavy (non-hydrogen) atoms. The highest BCUT2D eigenvalue weighted by Crippen LogP contribution is 2.19. The SMILES string of the molecule is CCC(C)C(NC(=O)C(NC(=O)C(N)Cc1c[nH]c2ccccc12)C(C)C)C(=O)NC(CCCCN)C(=O)O. The van der Waals surface area contributed by atoms with Crippen LogP contribution in [-0.4, -0.2) is 64.5 Å². The van der Waals surface area contributed by atoms with E-state index in [0.29, 0.717) is 25.8 Å². The molecule has 0 fully saturated rings. The molecule has 2 rings (SSSR count). The maximum Gasteiger partial charge on any atom is 0.326 e. The number of hydrogen-bond acceptors (Lipinski definition) is 6. The predicted molar refractivity (Wildman–Crippen MR) is 151 cm³/mol. The number of unbranched alkanes of at least 4 members (excludes halogenated alkanes) is 1. The van der Waals surface area contributed by atoms with Gasteiger partial charge in [0.05, 0.1) is 6.04 Å². The summed E-state index contributed by atoms with van der Waals surface area (Å²) in [7, 11) is 0. The number of benzene rings is 1. The van der Waals surface area contributed by atoms with Gasteiger partial charge in [0.15, 0.2) is 0 Å². The van der Waals surface area contributed by atoms with Crippen LogP contribution in [0.1, 0.15) is 58.9 Å². The average Bonchev–Trinajstić information content (AvgIpc) is 3.31. The second-order valence-electron chi connectivity index (χ2n) is 10.5. The number of H-pyrrole nitrogens is 1. The number of para-hydroxylation sites is 1. The van der Waals surface area contributed by atoms with Gasteiger partial charge in [-0.3, -0.25) is 14.4 Å². The number of aromatic amines is 1. The number of carboxylic acids is 1. The third kappa shape index (κ3) is 9.07. The first-order valence-electron chi connectivity index (χ1n) is 13.6. The van der Waals surface area contributed by atoms with Gasteiger partial charge in [0.2, 0.25) is 17.7 Å². The van der Waals surface area contributed by atoms with E-state index < -0.39 is 47.9 Å². The van der Waals surface area contributed by atoms with Crippen molar-refractivity contribution < 1.29 is 24.3 Å². The van der Waals surface area contributed by atoms with Gasteiger partial charge in [-0.25, -0.2) is 4.79 Å². The molecule has 0 saturated heterocycles. The molecule has 11 nitrogen and oxygen atoms in total. The van der Waals surface area contributed by atoms with Crippen molar-refractivity contribution in [2.45, 2.75) is 84.0 Å². The molecule has 1 heterocycles. The first-order valence-corrected chi connectivity index (χ1v) is 13.6. The summed E-state index contributed by atoms with van der Waals surface area (Å²) < 4.78 is 0. The molecule has 0 aliphatic rings. The molecular formula is C28H44N6O5. The van der Waals surface area contributed by atoms with Gasteiger partial charge < -0.3 is 37.5 Å². The highest BCUT2D eigenvalue weighted by Gasteiger charge is 2.33. The Morgan fingerprint density at radius 1 is 0.949 bits per heavy atom. The largest absolute Gasteiger partial charge is 0.480 e. The molecule has 0 saturated carbocycles. The summed E-state index contributed by atoms with van der Waals surface area (Å²) in [6.45, 7) is 7.67. The van der Waals surface area contributed by atoms with Crippen LogP contribution in [-0.2, 0) is 25.6 Å². The van der Waals surface area contributed by atoms with Crippen LogP contribution >= 0.6 is 0 Å². The first-order chi connectivity index (χ1) is 18.5. The summed E-state index contributed by atoms with van der Waals surface area (Å²) in [6.07, 6.45) is 4.09. The Hall–Kier alpha value is -3.44. The second kappa shape index (κ2) is 15.2. The van der Waals surface area contributed by atoms with E-state index in [1.807, 2.05) is 37.4 Å². The number of nitrogens with one attached hydrogen (secondary N) is 4. The standard InChI is InChI=1S/C28H44N6O5/c1-5-17(4)24(27(37)32-22(28(38)39)12-8-9-13-29)34-26(36)23(16(2)3)33-25(35)20(30)14-18-15-31-21-11-7-6-10-19(18)21/h6-7,10-11,15-17,20,22-24,31H,5,8-9,12-14,29-30H2,1-4H3,(H,32,37)(H,33,35)(H,34,36)(H,38,39). The van der Waals surface area contributed by atoms with Gasteiger partial charge in [-0.15, -0.1) is 0 Å². The molecule has 5 atom stereocenters. The van der Waals surface area contributed by atoms with E-state index >= 15 is 0 Å². The summed E-state index contributed by atoms with van der Waals surface area (Å²) >= 11 is 0. The number of fused-ring (bicyclic) bond motifs is 1. The molecule has 0 spiro atoms. The van der Waals surface area contributed by atoms with Crippen molar-refractivity contribution in [3.05, 3.63) is 36.0 Å². The van der Waals surface area contributed by atoms with Crippen molar-refractivity contribution in [3.63, 3.8) is 0 Å². The molecule has 0 aliphatic carbocycles. The maximum absolute atomic E-state index is 13.3. The number of rotatable bonds is 16. The van der Waals surface area contributed by atoms with E-state index in [2.05, 4.69) is 20.9 Å². The van der Waals surface area contributed by atoms with Gasteiger partial charge in [0.1, 0.15) is 18.1 Å². The minimum atomic E-state index is -1.15. The number of amides is 3. The fourth-order valence-electron chi connectivity index (χ4n) is 4.38. The number of hydrogen-bond donors (Lipinski definition) is 7. The van der Waals surface area contributed by atoms with Crippen molar-refractivity contribution in [1.29, 1.82) is 0 Å². The Morgan fingerprint density at radius 2 is 1.59 bits per heavy atom. The van der Waals surface area contributed by atoms with Crippen LogP contribution in [0.4, 0.5) is 0 Å². The van der Waals surface area contributed by atoms with Gasteiger partial charge in [0.25, 0.3) is 0 Å². The number of aromatic nitrogens is 1. The van der Waals surface area contributed by atoms with Crippen LogP contribution in [0.25, 0.3) is 10.9 Å². The number of nitrogens with two attached hydrogens (primary N) is 2. The lowest BCUT2D eigenvalue weighted by Gasteiger charge is -2.29. The lowest BCUT2D eigenvalue weighted by molar-refractivity contribution is -0.143. The van der Waals surface area contributed by atoms with E-state index in [-0.39, 0.29) is 24.7 Å². The monoisotopic (exact) mass is 544 g/mol. The molecule has 1 aromatic heterocycles. The third-order valence-electron chi connectivity index (χ3n) is 7.05. The Kier molecular flexibility index (Phi) is 12.4. The van der Waals surface area contributed by atoms with E-state index in [9.17, 15) is 24.3 Å². The zero-order valence-corrected chi connectivity index (χ0v) is 23.3. The van der Waals surface area contributed by atoms with Crippen LogP contribution in [0, 0.1) is 11.8 Å². The minimum absolute atomic E-state index is 0.235. The molecule has 3 amide bonds. The summed E-state index contributed by atoms with van der Waals surface area (Å²) in [5.41, 5.74) is 13.5. The lowest BCUT2D eigenvalue weighted by Crippen LogP contribution is -2.59. The van der Waals surface area contributed by atoms with Gasteiger partial charge in [-0.05, 0) is 55.7 Å². The third-order valence-corrected chi connectivity index (χ3v) is 7.05. The van der Waals surface area contributed by atoms with Gasteiger partial charge in [0, 0.05) is 17.1 Å². The van der Waals surface area contributed by atoms with Crippen LogP contribution in [0.15, 0.2) is 30.5 Å². The Bertz CT molecular complexity index is 1120. The predicted octanol–water partition coefficient (Wildman–Crippen LogP) is 1.41. The van der Waals surface area contributed by atoms with Crippen molar-refractivity contribution in [2.75, 3.05) is 6.54 Å². The molecule has 0 radical (unpaired) electrons. The first kappa shape index (κ1) is 31.8. The summed E-state index contributed by atoms with van der Waals surface area (Å²) in [6, 6.07) is 3.82. The molecule has 2 aromatic rings. The molecule has 0 bridgehead atoms. The van der Waals surface area contributed by atoms with Crippen LogP contribution in [0.3, 0.4) is 0 Å². The normalized spacial score (nSPS) is 15.3. The molecule has 5 unspecified atom stereocenters. The Balaban J connectivity index is 2.09. The quantitative estimate of drug-likeness (QED) is 0.155. The van der Waals surface area contributed by atoms with Crippen molar-refractivity contribution in [1.82, 2.24) is 20.9 Å². The summed E-state index contributed by atoms with van der Waals surface area (Å²) in [4.78, 5) is 54.3. The van der Waals surface area contributed by atoms with Crippen LogP contribution < -0.4 is 27.4 Å². The zero-order chi connectivity index (χ0) is 29.1. The van der Waals surface area contributed by atoms with Gasteiger partial charge in [-0.1, -0.05) is 52.3 Å². The minimum Gasteiger partial charge on any atom is -0.480 e. The Labute approximate surface area is 229 Å². The molecule has 0 aliphatic heterocycles. The van der Waals surface area contributed by atoms with Crippen molar-refractivity contribution >= 4 is 34.6 Å². The molecule has 11 heteroatoms. The van der Waals surface area contributed by atoms with Crippen LogP contribution in [0.2, 0.25) is 0 Å². The summed E-state index contributed by atoms with van der Waals surface area (Å²) in [5, 5.41) is 18.6. The molecule has 216 valence electrons. The maximum atomic E-state index is 13.3. The molecule has 9 N–H and O–H groups in total. The van der Waals surface area contributed by atoms with E-state index in [1.165, 1.54) is 0 Å².